The summed E-state index contributed by atoms with van der Waals surface area (Å²) in [6, 6.07) is 16.1. The van der Waals surface area contributed by atoms with Crippen LogP contribution in [-0.2, 0) is 13.0 Å². The molecule has 0 amide bonds. The Labute approximate surface area is 147 Å². The first-order chi connectivity index (χ1) is 12.3. The van der Waals surface area contributed by atoms with Crippen molar-refractivity contribution in [2.75, 3.05) is 17.7 Å². The molecule has 0 fully saturated rings. The van der Waals surface area contributed by atoms with E-state index >= 15 is 0 Å². The van der Waals surface area contributed by atoms with Crippen molar-refractivity contribution < 1.29 is 4.74 Å². The van der Waals surface area contributed by atoms with Crippen molar-refractivity contribution in [2.45, 2.75) is 19.9 Å². The van der Waals surface area contributed by atoms with Gasteiger partial charge in [-0.1, -0.05) is 31.2 Å². The van der Waals surface area contributed by atoms with Crippen LogP contribution in [0.15, 0.2) is 54.7 Å². The molecule has 3 aromatic rings. The molecule has 0 bridgehead atoms. The Morgan fingerprint density at radius 2 is 1.68 bits per heavy atom. The van der Waals surface area contributed by atoms with Crippen LogP contribution in [0, 0.1) is 0 Å². The number of benzene rings is 2. The highest BCUT2D eigenvalue weighted by Crippen LogP contribution is 2.16. The highest BCUT2D eigenvalue weighted by atomic mass is 16.5. The molecular formula is C19H21N5O. The van der Waals surface area contributed by atoms with Crippen molar-refractivity contribution in [3.8, 4) is 5.75 Å². The molecule has 0 aliphatic heterocycles. The second-order valence-electron chi connectivity index (χ2n) is 5.54. The molecule has 1 aromatic heterocycles. The normalized spacial score (nSPS) is 10.3. The van der Waals surface area contributed by atoms with Gasteiger partial charge in [0.15, 0.2) is 5.82 Å². The van der Waals surface area contributed by atoms with E-state index in [4.69, 9.17) is 4.74 Å². The van der Waals surface area contributed by atoms with Crippen LogP contribution in [-0.4, -0.2) is 22.3 Å². The molecule has 0 saturated carbocycles. The van der Waals surface area contributed by atoms with E-state index in [0.717, 1.165) is 23.4 Å². The average Bonchev–Trinajstić information content (AvgIpc) is 2.68. The summed E-state index contributed by atoms with van der Waals surface area (Å²) >= 11 is 0. The Kier molecular flexibility index (Phi) is 5.41. The molecule has 3 rings (SSSR count). The van der Waals surface area contributed by atoms with Gasteiger partial charge in [0.25, 0.3) is 0 Å². The Bertz CT molecular complexity index is 803. The third kappa shape index (κ3) is 4.67. The molecule has 25 heavy (non-hydrogen) atoms. The summed E-state index contributed by atoms with van der Waals surface area (Å²) in [5, 5.41) is 14.4. The molecule has 2 N–H and O–H groups in total. The molecule has 1 heterocycles. The zero-order valence-corrected chi connectivity index (χ0v) is 14.4. The minimum absolute atomic E-state index is 0.478. The van der Waals surface area contributed by atoms with Crippen LogP contribution >= 0.6 is 0 Å². The van der Waals surface area contributed by atoms with E-state index in [2.05, 4.69) is 44.9 Å². The van der Waals surface area contributed by atoms with Crippen molar-refractivity contribution in [3.05, 3.63) is 65.9 Å². The van der Waals surface area contributed by atoms with Crippen molar-refractivity contribution in [3.63, 3.8) is 0 Å². The van der Waals surface area contributed by atoms with Crippen LogP contribution in [0.3, 0.4) is 0 Å². The molecule has 0 saturated heterocycles. The SMILES string of the molecule is CCc1ccc(Nc2cnnc(NCc3ccc(OC)cc3)n2)cc1. The zero-order valence-electron chi connectivity index (χ0n) is 14.4. The average molecular weight is 335 g/mol. The molecule has 0 aliphatic rings. The van der Waals surface area contributed by atoms with Crippen molar-refractivity contribution in [2.24, 2.45) is 0 Å². The number of nitrogens with zero attached hydrogens (tertiary/aromatic N) is 3. The smallest absolute Gasteiger partial charge is 0.244 e. The van der Waals surface area contributed by atoms with Gasteiger partial charge in [-0.05, 0) is 41.8 Å². The first kappa shape index (κ1) is 16.7. The second kappa shape index (κ2) is 8.10. The van der Waals surface area contributed by atoms with Gasteiger partial charge < -0.3 is 15.4 Å². The summed E-state index contributed by atoms with van der Waals surface area (Å²) in [5.74, 6) is 1.96. The molecular weight excluding hydrogens is 314 g/mol. The van der Waals surface area contributed by atoms with Gasteiger partial charge in [0.1, 0.15) is 5.75 Å². The lowest BCUT2D eigenvalue weighted by atomic mass is 10.1. The van der Waals surface area contributed by atoms with E-state index in [1.807, 2.05) is 36.4 Å². The Morgan fingerprint density at radius 3 is 2.36 bits per heavy atom. The van der Waals surface area contributed by atoms with E-state index in [1.165, 1.54) is 5.56 Å². The lowest BCUT2D eigenvalue weighted by Crippen LogP contribution is -2.06. The first-order valence-corrected chi connectivity index (χ1v) is 8.19. The van der Waals surface area contributed by atoms with E-state index in [9.17, 15) is 0 Å². The maximum atomic E-state index is 5.16. The third-order valence-corrected chi connectivity index (χ3v) is 3.80. The predicted octanol–water partition coefficient (Wildman–Crippen LogP) is 3.80. The van der Waals surface area contributed by atoms with Crippen LogP contribution in [0.25, 0.3) is 0 Å². The molecule has 0 spiro atoms. The number of methoxy groups -OCH3 is 1. The summed E-state index contributed by atoms with van der Waals surface area (Å²) < 4.78 is 5.16. The second-order valence-corrected chi connectivity index (χ2v) is 5.54. The zero-order chi connectivity index (χ0) is 17.5. The number of anilines is 3. The molecule has 0 aliphatic carbocycles. The molecule has 0 radical (unpaired) electrons. The van der Waals surface area contributed by atoms with Crippen molar-refractivity contribution in [1.29, 1.82) is 0 Å². The Morgan fingerprint density at radius 1 is 0.960 bits per heavy atom. The lowest BCUT2D eigenvalue weighted by Gasteiger charge is -2.08. The highest BCUT2D eigenvalue weighted by molar-refractivity contribution is 5.56. The molecule has 2 aromatic carbocycles. The quantitative estimate of drug-likeness (QED) is 0.684. The Hall–Kier alpha value is -3.15. The minimum Gasteiger partial charge on any atom is -0.497 e. The number of aromatic nitrogens is 3. The number of rotatable bonds is 7. The van der Waals surface area contributed by atoms with Crippen molar-refractivity contribution in [1.82, 2.24) is 15.2 Å². The molecule has 128 valence electrons. The maximum Gasteiger partial charge on any atom is 0.244 e. The minimum atomic E-state index is 0.478. The summed E-state index contributed by atoms with van der Waals surface area (Å²) in [6.45, 7) is 2.75. The van der Waals surface area contributed by atoms with Crippen LogP contribution in [0.2, 0.25) is 0 Å². The fourth-order valence-corrected chi connectivity index (χ4v) is 2.33. The van der Waals surface area contributed by atoms with Gasteiger partial charge in [0, 0.05) is 12.2 Å². The lowest BCUT2D eigenvalue weighted by molar-refractivity contribution is 0.414. The Balaban J connectivity index is 1.62. The standard InChI is InChI=1S/C19H21N5O/c1-3-14-4-8-16(9-5-14)22-18-13-21-24-19(23-18)20-12-15-6-10-17(25-2)11-7-15/h4-11,13H,3,12H2,1-2H3,(H2,20,22,23,24). The van der Waals surface area contributed by atoms with Crippen LogP contribution in [0.4, 0.5) is 17.5 Å². The summed E-state index contributed by atoms with van der Waals surface area (Å²) in [7, 11) is 1.65. The van der Waals surface area contributed by atoms with Gasteiger partial charge in [-0.3, -0.25) is 0 Å². The van der Waals surface area contributed by atoms with Gasteiger partial charge in [-0.2, -0.15) is 10.1 Å². The number of aryl methyl sites for hydroxylation is 1. The van der Waals surface area contributed by atoms with E-state index in [1.54, 1.807) is 13.3 Å². The number of hydrogen-bond acceptors (Lipinski definition) is 6. The fraction of sp³-hybridized carbons (Fsp3) is 0.211. The van der Waals surface area contributed by atoms with Gasteiger partial charge in [0.2, 0.25) is 5.95 Å². The largest absolute Gasteiger partial charge is 0.497 e. The van der Waals surface area contributed by atoms with Gasteiger partial charge >= 0.3 is 0 Å². The molecule has 6 heteroatoms. The topological polar surface area (TPSA) is 72.0 Å². The van der Waals surface area contributed by atoms with Gasteiger partial charge in [-0.25, -0.2) is 0 Å². The first-order valence-electron chi connectivity index (χ1n) is 8.19. The summed E-state index contributed by atoms with van der Waals surface area (Å²) in [4.78, 5) is 4.44. The van der Waals surface area contributed by atoms with Gasteiger partial charge in [0.05, 0.1) is 13.3 Å². The van der Waals surface area contributed by atoms with Crippen molar-refractivity contribution >= 4 is 17.5 Å². The molecule has 0 unspecified atom stereocenters. The third-order valence-electron chi connectivity index (χ3n) is 3.80. The molecule has 6 nitrogen and oxygen atoms in total. The van der Waals surface area contributed by atoms with E-state index in [0.29, 0.717) is 18.3 Å². The highest BCUT2D eigenvalue weighted by Gasteiger charge is 2.02. The van der Waals surface area contributed by atoms with E-state index < -0.39 is 0 Å². The van der Waals surface area contributed by atoms with E-state index in [-0.39, 0.29) is 0 Å². The fourth-order valence-electron chi connectivity index (χ4n) is 2.33. The number of ether oxygens (including phenoxy) is 1. The molecule has 0 atom stereocenters. The van der Waals surface area contributed by atoms with Gasteiger partial charge in [-0.15, -0.1) is 5.10 Å². The number of hydrogen-bond donors (Lipinski definition) is 2. The maximum absolute atomic E-state index is 5.16. The van der Waals surface area contributed by atoms with Crippen LogP contribution in [0.1, 0.15) is 18.1 Å². The van der Waals surface area contributed by atoms with Crippen LogP contribution in [0.5, 0.6) is 5.75 Å². The summed E-state index contributed by atoms with van der Waals surface area (Å²) in [6.07, 6.45) is 2.63. The summed E-state index contributed by atoms with van der Waals surface area (Å²) in [5.41, 5.74) is 3.38. The predicted molar refractivity (Wildman–Crippen MR) is 99.3 cm³/mol. The number of nitrogens with one attached hydrogen (secondary N) is 2. The van der Waals surface area contributed by atoms with Crippen LogP contribution < -0.4 is 15.4 Å². The monoisotopic (exact) mass is 335 g/mol.